The smallest absolute Gasteiger partial charge is 0.371 e. The van der Waals surface area contributed by atoms with Crippen molar-refractivity contribution < 1.29 is 17.9 Å². The molecule has 0 rings (SSSR count). The summed E-state index contributed by atoms with van der Waals surface area (Å²) in [7, 11) is 0. The number of hydrogen-bond donors (Lipinski definition) is 1. The van der Waals surface area contributed by atoms with Crippen LogP contribution in [-0.4, -0.2) is 32.5 Å². The van der Waals surface area contributed by atoms with Crippen molar-refractivity contribution in [1.29, 1.82) is 0 Å². The van der Waals surface area contributed by atoms with E-state index in [0.29, 0.717) is 6.54 Å². The Morgan fingerprint density at radius 2 is 1.81 bits per heavy atom. The fourth-order valence-electron chi connectivity index (χ4n) is 1.26. The third-order valence-electron chi connectivity index (χ3n) is 2.07. The van der Waals surface area contributed by atoms with Crippen molar-refractivity contribution in [2.24, 2.45) is 5.92 Å². The summed E-state index contributed by atoms with van der Waals surface area (Å²) in [6, 6.07) is 0. The molecule has 0 saturated carbocycles. The Morgan fingerprint density at radius 3 is 2.38 bits per heavy atom. The summed E-state index contributed by atoms with van der Waals surface area (Å²) in [5.74, 6) is 0.718. The number of alkyl halides is 3. The Bertz CT molecular complexity index is 160. The van der Waals surface area contributed by atoms with E-state index in [9.17, 15) is 13.2 Å². The SMILES string of the molecule is CC(C)CCCCNCCOCC(F)(F)F. The minimum absolute atomic E-state index is 0.115. The first-order valence-corrected chi connectivity index (χ1v) is 5.77. The van der Waals surface area contributed by atoms with Gasteiger partial charge in [0, 0.05) is 6.54 Å². The van der Waals surface area contributed by atoms with Gasteiger partial charge in [-0.05, 0) is 18.9 Å². The Kier molecular flexibility index (Phi) is 8.66. The first kappa shape index (κ1) is 15.7. The van der Waals surface area contributed by atoms with Crippen LogP contribution < -0.4 is 5.32 Å². The van der Waals surface area contributed by atoms with Gasteiger partial charge in [0.25, 0.3) is 0 Å². The molecule has 0 fully saturated rings. The van der Waals surface area contributed by atoms with Crippen molar-refractivity contribution in [2.45, 2.75) is 39.3 Å². The van der Waals surface area contributed by atoms with Crippen LogP contribution in [0.2, 0.25) is 0 Å². The lowest BCUT2D eigenvalue weighted by Crippen LogP contribution is -2.24. The van der Waals surface area contributed by atoms with Crippen molar-refractivity contribution in [1.82, 2.24) is 5.32 Å². The Hall–Kier alpha value is -0.290. The molecule has 0 atom stereocenters. The molecule has 0 radical (unpaired) electrons. The molecule has 0 heterocycles. The fourth-order valence-corrected chi connectivity index (χ4v) is 1.26. The Morgan fingerprint density at radius 1 is 1.12 bits per heavy atom. The highest BCUT2D eigenvalue weighted by Gasteiger charge is 2.27. The van der Waals surface area contributed by atoms with Crippen LogP contribution in [0, 0.1) is 5.92 Å². The maximum atomic E-state index is 11.7. The van der Waals surface area contributed by atoms with Crippen molar-refractivity contribution in [3.05, 3.63) is 0 Å². The molecular weight excluding hydrogens is 219 g/mol. The van der Waals surface area contributed by atoms with Gasteiger partial charge in [-0.25, -0.2) is 0 Å². The summed E-state index contributed by atoms with van der Waals surface area (Å²) < 4.78 is 39.4. The number of nitrogens with one attached hydrogen (secondary N) is 1. The predicted molar refractivity (Wildman–Crippen MR) is 58.4 cm³/mol. The molecule has 0 unspecified atom stereocenters. The van der Waals surface area contributed by atoms with E-state index in [0.717, 1.165) is 25.3 Å². The van der Waals surface area contributed by atoms with E-state index in [1.807, 2.05) is 0 Å². The van der Waals surface area contributed by atoms with E-state index in [1.165, 1.54) is 6.42 Å². The zero-order valence-corrected chi connectivity index (χ0v) is 10.1. The molecule has 0 aromatic rings. The van der Waals surface area contributed by atoms with Gasteiger partial charge in [-0.1, -0.05) is 26.7 Å². The highest BCUT2D eigenvalue weighted by Crippen LogP contribution is 2.13. The molecule has 5 heteroatoms. The lowest BCUT2D eigenvalue weighted by atomic mass is 10.1. The molecule has 0 bridgehead atoms. The maximum absolute atomic E-state index is 11.7. The van der Waals surface area contributed by atoms with E-state index in [1.54, 1.807) is 0 Å². The minimum atomic E-state index is -4.21. The van der Waals surface area contributed by atoms with Crippen molar-refractivity contribution in [3.63, 3.8) is 0 Å². The van der Waals surface area contributed by atoms with Crippen LogP contribution in [0.3, 0.4) is 0 Å². The highest BCUT2D eigenvalue weighted by molar-refractivity contribution is 4.51. The molecule has 16 heavy (non-hydrogen) atoms. The second-order valence-corrected chi connectivity index (χ2v) is 4.31. The topological polar surface area (TPSA) is 21.3 Å². The van der Waals surface area contributed by atoms with Gasteiger partial charge in [-0.3, -0.25) is 0 Å². The highest BCUT2D eigenvalue weighted by atomic mass is 19.4. The number of unbranched alkanes of at least 4 members (excludes halogenated alkanes) is 1. The van der Waals surface area contributed by atoms with Gasteiger partial charge in [0.05, 0.1) is 6.61 Å². The molecule has 0 amide bonds. The number of ether oxygens (including phenoxy) is 1. The first-order valence-electron chi connectivity index (χ1n) is 5.77. The standard InChI is InChI=1S/C11H22F3NO/c1-10(2)5-3-4-6-15-7-8-16-9-11(12,13)14/h10,15H,3-9H2,1-2H3. The zero-order valence-electron chi connectivity index (χ0n) is 10.1. The summed E-state index contributed by atoms with van der Waals surface area (Å²) in [5.41, 5.74) is 0. The summed E-state index contributed by atoms with van der Waals surface area (Å²) >= 11 is 0. The summed E-state index contributed by atoms with van der Waals surface area (Å²) in [5, 5.41) is 3.05. The molecule has 0 aliphatic heterocycles. The van der Waals surface area contributed by atoms with E-state index in [4.69, 9.17) is 0 Å². The largest absolute Gasteiger partial charge is 0.411 e. The number of halogens is 3. The second-order valence-electron chi connectivity index (χ2n) is 4.31. The van der Waals surface area contributed by atoms with E-state index in [2.05, 4.69) is 23.9 Å². The molecule has 0 aliphatic rings. The Balaban J connectivity index is 3.05. The van der Waals surface area contributed by atoms with Crippen LogP contribution in [-0.2, 0) is 4.74 Å². The van der Waals surface area contributed by atoms with Gasteiger partial charge in [0.1, 0.15) is 6.61 Å². The number of rotatable bonds is 9. The third kappa shape index (κ3) is 13.7. The molecule has 0 saturated heterocycles. The van der Waals surface area contributed by atoms with Gasteiger partial charge in [-0.15, -0.1) is 0 Å². The zero-order chi connectivity index (χ0) is 12.4. The molecular formula is C11H22F3NO. The van der Waals surface area contributed by atoms with E-state index >= 15 is 0 Å². The van der Waals surface area contributed by atoms with Crippen LogP contribution in [0.1, 0.15) is 33.1 Å². The first-order chi connectivity index (χ1) is 7.42. The minimum Gasteiger partial charge on any atom is -0.371 e. The van der Waals surface area contributed by atoms with Crippen LogP contribution in [0.5, 0.6) is 0 Å². The van der Waals surface area contributed by atoms with Gasteiger partial charge in [-0.2, -0.15) is 13.2 Å². The van der Waals surface area contributed by atoms with Crippen LogP contribution in [0.15, 0.2) is 0 Å². The predicted octanol–water partition coefficient (Wildman–Crippen LogP) is 2.98. The lowest BCUT2D eigenvalue weighted by molar-refractivity contribution is -0.173. The summed E-state index contributed by atoms with van der Waals surface area (Å²) in [6.45, 7) is 4.66. The van der Waals surface area contributed by atoms with Gasteiger partial charge >= 0.3 is 6.18 Å². The van der Waals surface area contributed by atoms with Crippen LogP contribution in [0.25, 0.3) is 0 Å². The molecule has 2 nitrogen and oxygen atoms in total. The molecule has 0 aliphatic carbocycles. The molecule has 98 valence electrons. The Labute approximate surface area is 95.5 Å². The van der Waals surface area contributed by atoms with Crippen molar-refractivity contribution >= 4 is 0 Å². The summed E-state index contributed by atoms with van der Waals surface area (Å²) in [6.07, 6.45) is -0.783. The normalized spacial score (nSPS) is 12.4. The third-order valence-corrected chi connectivity index (χ3v) is 2.07. The van der Waals surface area contributed by atoms with E-state index < -0.39 is 12.8 Å². The molecule has 0 aromatic heterocycles. The number of hydrogen-bond acceptors (Lipinski definition) is 2. The van der Waals surface area contributed by atoms with Crippen molar-refractivity contribution in [3.8, 4) is 0 Å². The van der Waals surface area contributed by atoms with Gasteiger partial charge < -0.3 is 10.1 Å². The second kappa shape index (κ2) is 8.82. The van der Waals surface area contributed by atoms with Gasteiger partial charge in [0.2, 0.25) is 0 Å². The average Bonchev–Trinajstić information content (AvgIpc) is 2.13. The van der Waals surface area contributed by atoms with Gasteiger partial charge in [0.15, 0.2) is 0 Å². The van der Waals surface area contributed by atoms with E-state index in [-0.39, 0.29) is 6.61 Å². The quantitative estimate of drug-likeness (QED) is 0.627. The molecule has 1 N–H and O–H groups in total. The lowest BCUT2D eigenvalue weighted by Gasteiger charge is -2.08. The molecule has 0 aromatic carbocycles. The average molecular weight is 241 g/mol. The van der Waals surface area contributed by atoms with Crippen molar-refractivity contribution in [2.75, 3.05) is 26.3 Å². The summed E-state index contributed by atoms with van der Waals surface area (Å²) in [4.78, 5) is 0. The molecule has 0 spiro atoms. The fraction of sp³-hybridized carbons (Fsp3) is 1.00. The maximum Gasteiger partial charge on any atom is 0.411 e. The monoisotopic (exact) mass is 241 g/mol. The van der Waals surface area contributed by atoms with Crippen LogP contribution in [0.4, 0.5) is 13.2 Å². The van der Waals surface area contributed by atoms with Crippen LogP contribution >= 0.6 is 0 Å².